The van der Waals surface area contributed by atoms with Gasteiger partial charge in [-0.25, -0.2) is 0 Å². The fourth-order valence-corrected chi connectivity index (χ4v) is 2.34. The van der Waals surface area contributed by atoms with Crippen molar-refractivity contribution in [2.45, 2.75) is 25.5 Å². The van der Waals surface area contributed by atoms with E-state index in [0.29, 0.717) is 25.0 Å². The molecule has 2 rings (SSSR count). The Bertz CT molecular complexity index is 342. The van der Waals surface area contributed by atoms with Gasteiger partial charge in [0, 0.05) is 26.8 Å². The van der Waals surface area contributed by atoms with E-state index < -0.39 is 0 Å². The molecular formula is C11H19N3O3S. The summed E-state index contributed by atoms with van der Waals surface area (Å²) in [7, 11) is 1.68. The van der Waals surface area contributed by atoms with Crippen molar-refractivity contribution in [1.82, 2.24) is 15.5 Å². The van der Waals surface area contributed by atoms with Crippen LogP contribution in [0.5, 0.6) is 5.19 Å². The lowest BCUT2D eigenvalue weighted by Gasteiger charge is -2.07. The Kier molecular flexibility index (Phi) is 5.79. The van der Waals surface area contributed by atoms with Crippen LogP contribution in [0.4, 0.5) is 0 Å². The zero-order valence-electron chi connectivity index (χ0n) is 10.6. The molecule has 0 radical (unpaired) electrons. The van der Waals surface area contributed by atoms with Crippen molar-refractivity contribution in [1.29, 1.82) is 0 Å². The lowest BCUT2D eigenvalue weighted by atomic mass is 10.2. The maximum Gasteiger partial charge on any atom is 0.294 e. The number of ether oxygens (including phenoxy) is 3. The molecule has 18 heavy (non-hydrogen) atoms. The summed E-state index contributed by atoms with van der Waals surface area (Å²) in [6, 6.07) is 0. The Labute approximate surface area is 111 Å². The molecule has 0 bridgehead atoms. The predicted molar refractivity (Wildman–Crippen MR) is 68.0 cm³/mol. The summed E-state index contributed by atoms with van der Waals surface area (Å²) < 4.78 is 16.0. The lowest BCUT2D eigenvalue weighted by molar-refractivity contribution is 0.0676. The van der Waals surface area contributed by atoms with E-state index in [1.807, 2.05) is 0 Å². The van der Waals surface area contributed by atoms with Gasteiger partial charge in [-0.1, -0.05) is 11.3 Å². The average molecular weight is 273 g/mol. The summed E-state index contributed by atoms with van der Waals surface area (Å²) in [5.41, 5.74) is 0. The third kappa shape index (κ3) is 4.49. The molecule has 1 unspecified atom stereocenters. The normalized spacial score (nSPS) is 19.3. The molecule has 0 spiro atoms. The van der Waals surface area contributed by atoms with Crippen LogP contribution < -0.4 is 10.1 Å². The van der Waals surface area contributed by atoms with E-state index in [1.165, 1.54) is 11.3 Å². The van der Waals surface area contributed by atoms with E-state index >= 15 is 0 Å². The van der Waals surface area contributed by atoms with Gasteiger partial charge in [0.15, 0.2) is 0 Å². The van der Waals surface area contributed by atoms with Gasteiger partial charge in [-0.15, -0.1) is 10.2 Å². The Morgan fingerprint density at radius 2 is 2.44 bits per heavy atom. The zero-order chi connectivity index (χ0) is 12.6. The van der Waals surface area contributed by atoms with Crippen LogP contribution in [0.25, 0.3) is 0 Å². The molecule has 2 heterocycles. The fraction of sp³-hybridized carbons (Fsp3) is 0.818. The highest BCUT2D eigenvalue weighted by Gasteiger charge is 2.17. The predicted octanol–water partition coefficient (Wildman–Crippen LogP) is 0.832. The van der Waals surface area contributed by atoms with Crippen LogP contribution >= 0.6 is 11.3 Å². The van der Waals surface area contributed by atoms with Gasteiger partial charge in [-0.3, -0.25) is 0 Å². The number of nitrogens with one attached hydrogen (secondary N) is 1. The second-order valence-electron chi connectivity index (χ2n) is 4.08. The molecule has 1 aromatic rings. The Morgan fingerprint density at radius 3 is 3.22 bits per heavy atom. The van der Waals surface area contributed by atoms with Gasteiger partial charge in [-0.05, 0) is 12.8 Å². The minimum Gasteiger partial charge on any atom is -0.466 e. The number of hydrogen-bond acceptors (Lipinski definition) is 7. The van der Waals surface area contributed by atoms with Crippen molar-refractivity contribution in [2.75, 3.05) is 33.5 Å². The smallest absolute Gasteiger partial charge is 0.294 e. The summed E-state index contributed by atoms with van der Waals surface area (Å²) in [5, 5.41) is 12.8. The second-order valence-corrected chi connectivity index (χ2v) is 5.10. The largest absolute Gasteiger partial charge is 0.466 e. The third-order valence-corrected chi connectivity index (χ3v) is 3.46. The van der Waals surface area contributed by atoms with Crippen molar-refractivity contribution >= 4 is 11.3 Å². The molecule has 1 aromatic heterocycles. The first-order valence-electron chi connectivity index (χ1n) is 6.15. The maximum atomic E-state index is 5.57. The molecule has 0 amide bonds. The maximum absolute atomic E-state index is 5.57. The lowest BCUT2D eigenvalue weighted by Crippen LogP contribution is -2.18. The van der Waals surface area contributed by atoms with Crippen molar-refractivity contribution in [3.63, 3.8) is 0 Å². The van der Waals surface area contributed by atoms with Crippen LogP contribution in [-0.2, 0) is 16.0 Å². The monoisotopic (exact) mass is 273 g/mol. The van der Waals surface area contributed by atoms with Crippen LogP contribution in [0.15, 0.2) is 0 Å². The minimum absolute atomic E-state index is 0.220. The van der Waals surface area contributed by atoms with Gasteiger partial charge in [0.1, 0.15) is 11.6 Å². The van der Waals surface area contributed by atoms with E-state index in [-0.39, 0.29) is 6.10 Å². The third-order valence-electron chi connectivity index (χ3n) is 2.62. The SMILES string of the molecule is COCCNCc1nnc(OCC2CCCO2)s1. The van der Waals surface area contributed by atoms with E-state index in [0.717, 1.165) is 31.0 Å². The molecule has 1 fully saturated rings. The number of aromatic nitrogens is 2. The first kappa shape index (κ1) is 13.7. The molecule has 1 N–H and O–H groups in total. The molecule has 0 aliphatic carbocycles. The molecule has 1 atom stereocenters. The van der Waals surface area contributed by atoms with Crippen LogP contribution in [0, 0.1) is 0 Å². The summed E-state index contributed by atoms with van der Waals surface area (Å²) in [6.45, 7) is 3.62. The van der Waals surface area contributed by atoms with E-state index in [2.05, 4.69) is 15.5 Å². The Hall–Kier alpha value is -0.760. The number of nitrogens with zero attached hydrogens (tertiary/aromatic N) is 2. The van der Waals surface area contributed by atoms with Gasteiger partial charge in [0.2, 0.25) is 0 Å². The van der Waals surface area contributed by atoms with Gasteiger partial charge in [0.25, 0.3) is 5.19 Å². The molecule has 0 aromatic carbocycles. The van der Waals surface area contributed by atoms with Crippen LogP contribution in [0.3, 0.4) is 0 Å². The van der Waals surface area contributed by atoms with Gasteiger partial charge >= 0.3 is 0 Å². The highest BCUT2D eigenvalue weighted by molar-refractivity contribution is 7.13. The molecular weight excluding hydrogens is 254 g/mol. The molecule has 6 nitrogen and oxygen atoms in total. The Morgan fingerprint density at radius 1 is 1.50 bits per heavy atom. The molecule has 102 valence electrons. The quantitative estimate of drug-likeness (QED) is 0.708. The number of rotatable bonds is 8. The van der Waals surface area contributed by atoms with Crippen molar-refractivity contribution in [3.05, 3.63) is 5.01 Å². The summed E-state index contributed by atoms with van der Waals surface area (Å²) >= 11 is 1.47. The number of methoxy groups -OCH3 is 1. The highest BCUT2D eigenvalue weighted by Crippen LogP contribution is 2.19. The van der Waals surface area contributed by atoms with E-state index in [1.54, 1.807) is 7.11 Å². The van der Waals surface area contributed by atoms with Crippen molar-refractivity contribution in [2.24, 2.45) is 0 Å². The Balaban J connectivity index is 1.65. The molecule has 7 heteroatoms. The van der Waals surface area contributed by atoms with Crippen molar-refractivity contribution < 1.29 is 14.2 Å². The summed E-state index contributed by atoms with van der Waals surface area (Å²) in [5.74, 6) is 0. The molecule has 1 saturated heterocycles. The summed E-state index contributed by atoms with van der Waals surface area (Å²) in [4.78, 5) is 0. The van der Waals surface area contributed by atoms with Crippen LogP contribution in [-0.4, -0.2) is 49.8 Å². The van der Waals surface area contributed by atoms with Gasteiger partial charge in [-0.2, -0.15) is 0 Å². The molecule has 1 aliphatic rings. The van der Waals surface area contributed by atoms with Crippen LogP contribution in [0.2, 0.25) is 0 Å². The first-order valence-corrected chi connectivity index (χ1v) is 6.96. The van der Waals surface area contributed by atoms with Crippen molar-refractivity contribution in [3.8, 4) is 5.19 Å². The highest BCUT2D eigenvalue weighted by atomic mass is 32.1. The molecule has 0 saturated carbocycles. The summed E-state index contributed by atoms with van der Waals surface area (Å²) in [6.07, 6.45) is 2.42. The average Bonchev–Trinajstić information content (AvgIpc) is 3.03. The topological polar surface area (TPSA) is 65.5 Å². The standard InChI is InChI=1S/C11H19N3O3S/c1-15-6-4-12-7-10-13-14-11(18-10)17-8-9-3-2-5-16-9/h9,12H,2-8H2,1H3. The zero-order valence-corrected chi connectivity index (χ0v) is 11.4. The number of hydrogen-bond donors (Lipinski definition) is 1. The van der Waals surface area contributed by atoms with Crippen LogP contribution in [0.1, 0.15) is 17.8 Å². The van der Waals surface area contributed by atoms with E-state index in [4.69, 9.17) is 14.2 Å². The first-order chi connectivity index (χ1) is 8.88. The second kappa shape index (κ2) is 7.63. The van der Waals surface area contributed by atoms with E-state index in [9.17, 15) is 0 Å². The minimum atomic E-state index is 0.220. The van der Waals surface area contributed by atoms with Gasteiger partial charge in [0.05, 0.1) is 12.7 Å². The molecule has 1 aliphatic heterocycles. The van der Waals surface area contributed by atoms with Gasteiger partial charge < -0.3 is 19.5 Å². The fourth-order valence-electron chi connectivity index (χ4n) is 1.68.